The van der Waals surface area contributed by atoms with E-state index in [-0.39, 0.29) is 0 Å². The Hall–Kier alpha value is -0.480. The molecule has 0 aromatic heterocycles. The normalized spacial score (nSPS) is 28.8. The molecule has 1 aliphatic carbocycles. The fraction of sp³-hybridized carbons (Fsp3) is 0.833. The molecular formula is C12H21N. The molecule has 1 rings (SSSR count). The molecule has 0 aromatic carbocycles. The lowest BCUT2D eigenvalue weighted by Gasteiger charge is -2.21. The Labute approximate surface area is 82.1 Å². The second kappa shape index (κ2) is 6.05. The third kappa shape index (κ3) is 3.40. The molecule has 0 amide bonds. The standard InChI is InChI=1S/C12H21N/c1-2-3-7-11-8-5-4-6-9-12(11)10-13/h11-12H,4-10,13H2,1H3. The zero-order valence-corrected chi connectivity index (χ0v) is 8.68. The smallest absolute Gasteiger partial charge is 0.0120 e. The molecule has 0 bridgehead atoms. The van der Waals surface area contributed by atoms with Crippen LogP contribution in [-0.4, -0.2) is 6.54 Å². The van der Waals surface area contributed by atoms with Gasteiger partial charge in [0.2, 0.25) is 0 Å². The highest BCUT2D eigenvalue weighted by atomic mass is 14.6. The Morgan fingerprint density at radius 3 is 2.46 bits per heavy atom. The molecule has 0 radical (unpaired) electrons. The third-order valence-electron chi connectivity index (χ3n) is 3.16. The average molecular weight is 179 g/mol. The minimum absolute atomic E-state index is 0.739. The Morgan fingerprint density at radius 1 is 1.15 bits per heavy atom. The molecule has 2 atom stereocenters. The highest BCUT2D eigenvalue weighted by Gasteiger charge is 2.21. The highest BCUT2D eigenvalue weighted by Crippen LogP contribution is 2.30. The van der Waals surface area contributed by atoms with Crippen LogP contribution in [0, 0.1) is 23.7 Å². The summed E-state index contributed by atoms with van der Waals surface area (Å²) in [6.07, 6.45) is 7.89. The van der Waals surface area contributed by atoms with Gasteiger partial charge >= 0.3 is 0 Å². The van der Waals surface area contributed by atoms with Crippen molar-refractivity contribution in [1.29, 1.82) is 0 Å². The number of nitrogens with two attached hydrogens (primary N) is 1. The summed E-state index contributed by atoms with van der Waals surface area (Å²) in [6.45, 7) is 2.78. The van der Waals surface area contributed by atoms with Crippen molar-refractivity contribution in [1.82, 2.24) is 0 Å². The molecule has 2 N–H and O–H groups in total. The fourth-order valence-corrected chi connectivity index (χ4v) is 2.27. The SMILES string of the molecule is CC#CCC1CCCCCC1CN. The molecule has 0 aliphatic heterocycles. The first-order valence-electron chi connectivity index (χ1n) is 5.48. The Balaban J connectivity index is 2.47. The van der Waals surface area contributed by atoms with Gasteiger partial charge in [-0.25, -0.2) is 0 Å². The quantitative estimate of drug-likeness (QED) is 0.511. The summed E-state index contributed by atoms with van der Waals surface area (Å²) in [4.78, 5) is 0. The first kappa shape index (κ1) is 10.6. The van der Waals surface area contributed by atoms with E-state index in [1.54, 1.807) is 0 Å². The maximum absolute atomic E-state index is 5.79. The lowest BCUT2D eigenvalue weighted by Crippen LogP contribution is -2.22. The Kier molecular flexibility index (Phi) is 4.93. The van der Waals surface area contributed by atoms with E-state index in [1.165, 1.54) is 32.1 Å². The average Bonchev–Trinajstić information content (AvgIpc) is 2.39. The minimum Gasteiger partial charge on any atom is -0.330 e. The van der Waals surface area contributed by atoms with Gasteiger partial charge in [0.1, 0.15) is 0 Å². The molecule has 2 unspecified atom stereocenters. The Morgan fingerprint density at radius 2 is 1.85 bits per heavy atom. The zero-order valence-electron chi connectivity index (χ0n) is 8.68. The van der Waals surface area contributed by atoms with E-state index in [0.717, 1.165) is 24.8 Å². The lowest BCUT2D eigenvalue weighted by atomic mass is 9.86. The molecule has 1 nitrogen and oxygen atoms in total. The van der Waals surface area contributed by atoms with Crippen molar-refractivity contribution in [3.05, 3.63) is 0 Å². The topological polar surface area (TPSA) is 26.0 Å². The molecule has 13 heavy (non-hydrogen) atoms. The van der Waals surface area contributed by atoms with Crippen molar-refractivity contribution in [2.24, 2.45) is 17.6 Å². The molecule has 74 valence electrons. The van der Waals surface area contributed by atoms with E-state index >= 15 is 0 Å². The molecule has 1 aliphatic rings. The Bertz CT molecular complexity index is 187. The van der Waals surface area contributed by atoms with Gasteiger partial charge in [0.25, 0.3) is 0 Å². The number of hydrogen-bond acceptors (Lipinski definition) is 1. The fourth-order valence-electron chi connectivity index (χ4n) is 2.27. The van der Waals surface area contributed by atoms with Crippen LogP contribution < -0.4 is 5.73 Å². The van der Waals surface area contributed by atoms with Crippen LogP contribution >= 0.6 is 0 Å². The molecule has 1 saturated carbocycles. The van der Waals surface area contributed by atoms with Crippen molar-refractivity contribution < 1.29 is 0 Å². The minimum atomic E-state index is 0.739. The predicted molar refractivity (Wildman–Crippen MR) is 57.2 cm³/mol. The van der Waals surface area contributed by atoms with Gasteiger partial charge < -0.3 is 5.73 Å². The molecule has 1 fully saturated rings. The summed E-state index contributed by atoms with van der Waals surface area (Å²) in [5.41, 5.74) is 5.79. The lowest BCUT2D eigenvalue weighted by molar-refractivity contribution is 0.326. The molecular weight excluding hydrogens is 158 g/mol. The van der Waals surface area contributed by atoms with Crippen LogP contribution in [0.15, 0.2) is 0 Å². The van der Waals surface area contributed by atoms with E-state index < -0.39 is 0 Å². The summed E-state index contributed by atoms with van der Waals surface area (Å²) < 4.78 is 0. The van der Waals surface area contributed by atoms with Crippen LogP contribution in [0.1, 0.15) is 45.4 Å². The highest BCUT2D eigenvalue weighted by molar-refractivity contribution is 4.97. The van der Waals surface area contributed by atoms with Gasteiger partial charge in [-0.05, 0) is 38.1 Å². The van der Waals surface area contributed by atoms with E-state index in [1.807, 2.05) is 6.92 Å². The zero-order chi connectivity index (χ0) is 9.52. The van der Waals surface area contributed by atoms with Crippen molar-refractivity contribution in [2.45, 2.75) is 45.4 Å². The molecule has 0 heterocycles. The summed E-state index contributed by atoms with van der Waals surface area (Å²) in [5.74, 6) is 7.71. The van der Waals surface area contributed by atoms with Crippen LogP contribution in [0.3, 0.4) is 0 Å². The van der Waals surface area contributed by atoms with Crippen molar-refractivity contribution in [2.75, 3.05) is 6.54 Å². The maximum atomic E-state index is 5.79. The number of rotatable bonds is 2. The molecule has 0 aromatic rings. The van der Waals surface area contributed by atoms with Crippen LogP contribution in [0.2, 0.25) is 0 Å². The first-order valence-corrected chi connectivity index (χ1v) is 5.48. The van der Waals surface area contributed by atoms with Gasteiger partial charge in [0, 0.05) is 6.42 Å². The van der Waals surface area contributed by atoms with Crippen molar-refractivity contribution in [3.8, 4) is 11.8 Å². The second-order valence-corrected chi connectivity index (χ2v) is 4.02. The van der Waals surface area contributed by atoms with Gasteiger partial charge in [-0.2, -0.15) is 0 Å². The first-order chi connectivity index (χ1) is 6.38. The van der Waals surface area contributed by atoms with Gasteiger partial charge in [0.05, 0.1) is 0 Å². The summed E-state index contributed by atoms with van der Waals surface area (Å²) in [6, 6.07) is 0. The van der Waals surface area contributed by atoms with E-state index in [2.05, 4.69) is 11.8 Å². The summed E-state index contributed by atoms with van der Waals surface area (Å²) >= 11 is 0. The second-order valence-electron chi connectivity index (χ2n) is 4.02. The van der Waals surface area contributed by atoms with Crippen molar-refractivity contribution >= 4 is 0 Å². The van der Waals surface area contributed by atoms with E-state index in [9.17, 15) is 0 Å². The van der Waals surface area contributed by atoms with Gasteiger partial charge in [-0.3, -0.25) is 0 Å². The van der Waals surface area contributed by atoms with Crippen LogP contribution in [-0.2, 0) is 0 Å². The van der Waals surface area contributed by atoms with E-state index in [0.29, 0.717) is 0 Å². The largest absolute Gasteiger partial charge is 0.330 e. The number of hydrogen-bond donors (Lipinski definition) is 1. The summed E-state index contributed by atoms with van der Waals surface area (Å²) in [7, 11) is 0. The van der Waals surface area contributed by atoms with Crippen LogP contribution in [0.5, 0.6) is 0 Å². The summed E-state index contributed by atoms with van der Waals surface area (Å²) in [5, 5.41) is 0. The molecule has 1 heteroatoms. The monoisotopic (exact) mass is 179 g/mol. The van der Waals surface area contributed by atoms with Crippen LogP contribution in [0.25, 0.3) is 0 Å². The van der Waals surface area contributed by atoms with Gasteiger partial charge in [-0.1, -0.05) is 19.3 Å². The van der Waals surface area contributed by atoms with Crippen LogP contribution in [0.4, 0.5) is 0 Å². The van der Waals surface area contributed by atoms with Crippen molar-refractivity contribution in [3.63, 3.8) is 0 Å². The van der Waals surface area contributed by atoms with Gasteiger partial charge in [0.15, 0.2) is 0 Å². The van der Waals surface area contributed by atoms with Gasteiger partial charge in [-0.15, -0.1) is 11.8 Å². The maximum Gasteiger partial charge on any atom is 0.0120 e. The predicted octanol–water partition coefficient (Wildman–Crippen LogP) is 2.56. The van der Waals surface area contributed by atoms with E-state index in [4.69, 9.17) is 5.73 Å². The molecule has 0 spiro atoms. The third-order valence-corrected chi connectivity index (χ3v) is 3.16. The molecule has 0 saturated heterocycles.